The van der Waals surface area contributed by atoms with Gasteiger partial charge in [-0.15, -0.1) is 0 Å². The average molecular weight is 408 g/mol. The van der Waals surface area contributed by atoms with E-state index >= 15 is 0 Å². The molecule has 0 aromatic heterocycles. The molecule has 0 spiro atoms. The Bertz CT molecular complexity index is 898. The van der Waals surface area contributed by atoms with Gasteiger partial charge in [-0.05, 0) is 44.0 Å². The molecular formula is C24H29N3O3. The van der Waals surface area contributed by atoms with Gasteiger partial charge in [0.05, 0.1) is 24.4 Å². The maximum atomic E-state index is 12.9. The van der Waals surface area contributed by atoms with Gasteiger partial charge >= 0.3 is 0 Å². The number of Topliss-reactive ketones (excluding diaryl/α,β-unsaturated/α-hetero) is 1. The first-order chi connectivity index (χ1) is 14.4. The van der Waals surface area contributed by atoms with Crippen LogP contribution in [-0.2, 0) is 14.4 Å². The molecule has 1 aromatic carbocycles. The maximum absolute atomic E-state index is 12.9. The van der Waals surface area contributed by atoms with Crippen LogP contribution in [0.15, 0.2) is 42.5 Å². The van der Waals surface area contributed by atoms with E-state index in [4.69, 9.17) is 0 Å². The van der Waals surface area contributed by atoms with E-state index in [9.17, 15) is 14.4 Å². The van der Waals surface area contributed by atoms with Crippen LogP contribution in [-0.4, -0.2) is 66.2 Å². The Kier molecular flexibility index (Phi) is 5.60. The number of carbonyl (C=O) groups excluding carboxylic acids is 3. The minimum Gasteiger partial charge on any atom is -0.369 e. The molecule has 4 rings (SSSR count). The number of imide groups is 1. The molecular weight excluding hydrogens is 378 g/mol. The number of allylic oxidation sites excluding steroid dienone is 2. The minimum atomic E-state index is -0.727. The van der Waals surface area contributed by atoms with Crippen molar-refractivity contribution in [1.82, 2.24) is 9.80 Å². The normalized spacial score (nSPS) is 25.0. The van der Waals surface area contributed by atoms with Crippen LogP contribution in [0, 0.1) is 25.7 Å². The molecule has 3 aliphatic rings. The Labute approximate surface area is 177 Å². The number of benzene rings is 1. The summed E-state index contributed by atoms with van der Waals surface area (Å²) >= 11 is 0. The number of anilines is 1. The second-order valence-electron chi connectivity index (χ2n) is 8.54. The van der Waals surface area contributed by atoms with Crippen LogP contribution in [0.5, 0.6) is 0 Å². The number of amides is 2. The van der Waals surface area contributed by atoms with E-state index < -0.39 is 17.9 Å². The Morgan fingerprint density at radius 2 is 1.57 bits per heavy atom. The first kappa shape index (κ1) is 20.5. The van der Waals surface area contributed by atoms with E-state index in [0.717, 1.165) is 26.2 Å². The van der Waals surface area contributed by atoms with Gasteiger partial charge in [-0.3, -0.25) is 24.2 Å². The van der Waals surface area contributed by atoms with Crippen molar-refractivity contribution in [2.75, 3.05) is 37.6 Å². The van der Waals surface area contributed by atoms with Gasteiger partial charge in [-0.1, -0.05) is 30.4 Å². The molecule has 0 N–H and O–H groups in total. The van der Waals surface area contributed by atoms with E-state index in [2.05, 4.69) is 41.8 Å². The number of carbonyl (C=O) groups is 3. The molecule has 158 valence electrons. The van der Waals surface area contributed by atoms with Gasteiger partial charge in [0.25, 0.3) is 0 Å². The zero-order chi connectivity index (χ0) is 21.4. The number of nitrogens with zero attached hydrogens (tertiary/aromatic N) is 3. The highest BCUT2D eigenvalue weighted by atomic mass is 16.2. The SMILES string of the molecule is Cc1ccc(N2CCN(CC(=O)C(C)N3C(=O)C4C=CC=CC4C3=O)CC2)cc1C. The average Bonchev–Trinajstić information content (AvgIpc) is 3.00. The third-order valence-corrected chi connectivity index (χ3v) is 6.64. The van der Waals surface area contributed by atoms with E-state index in [0.29, 0.717) is 0 Å². The van der Waals surface area contributed by atoms with Gasteiger partial charge in [0.1, 0.15) is 0 Å². The first-order valence-electron chi connectivity index (χ1n) is 10.7. The van der Waals surface area contributed by atoms with Gasteiger partial charge in [-0.25, -0.2) is 0 Å². The van der Waals surface area contributed by atoms with Crippen molar-refractivity contribution < 1.29 is 14.4 Å². The fourth-order valence-electron chi connectivity index (χ4n) is 4.47. The third-order valence-electron chi connectivity index (χ3n) is 6.64. The number of hydrogen-bond acceptors (Lipinski definition) is 5. The molecule has 6 heteroatoms. The Hall–Kier alpha value is -2.73. The summed E-state index contributed by atoms with van der Waals surface area (Å²) < 4.78 is 0. The van der Waals surface area contributed by atoms with Crippen molar-refractivity contribution in [2.24, 2.45) is 11.8 Å². The topological polar surface area (TPSA) is 60.9 Å². The molecule has 2 aliphatic heterocycles. The lowest BCUT2D eigenvalue weighted by atomic mass is 9.91. The molecule has 3 atom stereocenters. The number of rotatable bonds is 5. The first-order valence-corrected chi connectivity index (χ1v) is 10.7. The highest BCUT2D eigenvalue weighted by Gasteiger charge is 2.48. The van der Waals surface area contributed by atoms with Gasteiger partial charge in [0.15, 0.2) is 5.78 Å². The van der Waals surface area contributed by atoms with Crippen molar-refractivity contribution >= 4 is 23.3 Å². The maximum Gasteiger partial charge on any atom is 0.237 e. The molecule has 0 bridgehead atoms. The summed E-state index contributed by atoms with van der Waals surface area (Å²) in [6.45, 7) is 9.44. The van der Waals surface area contributed by atoms with E-state index in [1.54, 1.807) is 31.2 Å². The van der Waals surface area contributed by atoms with E-state index in [1.807, 2.05) is 0 Å². The largest absolute Gasteiger partial charge is 0.369 e. The van der Waals surface area contributed by atoms with Gasteiger partial charge < -0.3 is 4.90 Å². The number of ketones is 1. The Balaban J connectivity index is 1.34. The van der Waals surface area contributed by atoms with Crippen LogP contribution in [0.25, 0.3) is 0 Å². The molecule has 2 amide bonds. The molecule has 2 fully saturated rings. The van der Waals surface area contributed by atoms with Crippen LogP contribution in [0.1, 0.15) is 18.1 Å². The van der Waals surface area contributed by atoms with Crippen molar-refractivity contribution in [1.29, 1.82) is 0 Å². The molecule has 30 heavy (non-hydrogen) atoms. The smallest absolute Gasteiger partial charge is 0.237 e. The molecule has 3 unspecified atom stereocenters. The lowest BCUT2D eigenvalue weighted by Crippen LogP contribution is -2.51. The summed E-state index contributed by atoms with van der Waals surface area (Å²) in [4.78, 5) is 43.9. The minimum absolute atomic E-state index is 0.0806. The monoisotopic (exact) mass is 407 g/mol. The zero-order valence-corrected chi connectivity index (χ0v) is 17.9. The molecule has 6 nitrogen and oxygen atoms in total. The van der Waals surface area contributed by atoms with Crippen LogP contribution in [0.2, 0.25) is 0 Å². The second kappa shape index (κ2) is 8.19. The van der Waals surface area contributed by atoms with Gasteiger partial charge in [-0.2, -0.15) is 0 Å². The van der Waals surface area contributed by atoms with Gasteiger partial charge in [0.2, 0.25) is 11.8 Å². The summed E-state index contributed by atoms with van der Waals surface area (Å²) in [7, 11) is 0. The number of likely N-dealkylation sites (tertiary alicyclic amines) is 1. The van der Waals surface area contributed by atoms with Crippen LogP contribution in [0.3, 0.4) is 0 Å². The lowest BCUT2D eigenvalue weighted by molar-refractivity contribution is -0.146. The van der Waals surface area contributed by atoms with Crippen LogP contribution in [0.4, 0.5) is 5.69 Å². The summed E-state index contributed by atoms with van der Waals surface area (Å²) in [5, 5.41) is 0. The second-order valence-corrected chi connectivity index (χ2v) is 8.54. The summed E-state index contributed by atoms with van der Waals surface area (Å²) in [6.07, 6.45) is 7.09. The van der Waals surface area contributed by atoms with E-state index in [1.165, 1.54) is 21.7 Å². The van der Waals surface area contributed by atoms with Crippen molar-refractivity contribution in [3.05, 3.63) is 53.6 Å². The number of aryl methyl sites for hydroxylation is 2. The third kappa shape index (κ3) is 3.72. The molecule has 0 radical (unpaired) electrons. The summed E-state index contributed by atoms with van der Waals surface area (Å²) in [5.41, 5.74) is 3.78. The molecule has 1 aromatic rings. The predicted octanol–water partition coefficient (Wildman–Crippen LogP) is 2.11. The summed E-state index contributed by atoms with van der Waals surface area (Å²) in [6, 6.07) is 5.78. The zero-order valence-electron chi connectivity index (χ0n) is 17.9. The fourth-order valence-corrected chi connectivity index (χ4v) is 4.47. The quantitative estimate of drug-likeness (QED) is 0.700. The number of piperazine rings is 1. The molecule has 1 aliphatic carbocycles. The van der Waals surface area contributed by atoms with Crippen molar-refractivity contribution in [3.63, 3.8) is 0 Å². The standard InChI is InChI=1S/C24H29N3O3/c1-16-8-9-19(14-17(16)2)26-12-10-25(11-13-26)15-22(28)18(3)27-23(29)20-6-4-5-7-21(20)24(27)30/h4-9,14,18,20-21H,10-13,15H2,1-3H3. The van der Waals surface area contributed by atoms with Crippen LogP contribution < -0.4 is 4.90 Å². The number of fused-ring (bicyclic) bond motifs is 1. The number of hydrogen-bond donors (Lipinski definition) is 0. The van der Waals surface area contributed by atoms with Crippen LogP contribution >= 0.6 is 0 Å². The highest BCUT2D eigenvalue weighted by Crippen LogP contribution is 2.32. The van der Waals surface area contributed by atoms with E-state index in [-0.39, 0.29) is 24.1 Å². The molecule has 2 saturated heterocycles. The van der Waals surface area contributed by atoms with Crippen molar-refractivity contribution in [2.45, 2.75) is 26.8 Å². The fraction of sp³-hybridized carbons (Fsp3) is 0.458. The van der Waals surface area contributed by atoms with Gasteiger partial charge in [0, 0.05) is 31.9 Å². The Morgan fingerprint density at radius 3 is 2.13 bits per heavy atom. The lowest BCUT2D eigenvalue weighted by Gasteiger charge is -2.36. The predicted molar refractivity (Wildman–Crippen MR) is 116 cm³/mol. The summed E-state index contributed by atoms with van der Waals surface area (Å²) in [5.74, 6) is -1.52. The Morgan fingerprint density at radius 1 is 0.967 bits per heavy atom. The molecule has 0 saturated carbocycles. The highest BCUT2D eigenvalue weighted by molar-refractivity contribution is 6.10. The molecule has 2 heterocycles. The van der Waals surface area contributed by atoms with Crippen molar-refractivity contribution in [3.8, 4) is 0 Å².